The molecule has 1 aromatic heterocycles. The van der Waals surface area contributed by atoms with Crippen molar-refractivity contribution in [3.05, 3.63) is 45.4 Å². The molecule has 2 rings (SSSR count). The molecule has 2 aromatic rings. The van der Waals surface area contributed by atoms with Crippen LogP contribution in [0.4, 0.5) is 0 Å². The molecule has 0 amide bonds. The molecule has 0 atom stereocenters. The number of benzene rings is 1. The van der Waals surface area contributed by atoms with Crippen LogP contribution in [0.3, 0.4) is 0 Å². The van der Waals surface area contributed by atoms with Gasteiger partial charge in [-0.1, -0.05) is 12.1 Å². The number of hydrogen-bond acceptors (Lipinski definition) is 4. The molecule has 0 saturated carbocycles. The van der Waals surface area contributed by atoms with Crippen LogP contribution >= 0.6 is 35.3 Å². The summed E-state index contributed by atoms with van der Waals surface area (Å²) in [6.07, 6.45) is 2.05. The number of aliphatic imine (C=N–C) groups is 1. The van der Waals surface area contributed by atoms with Crippen molar-refractivity contribution < 1.29 is 4.74 Å². The average molecular weight is 488 g/mol. The third-order valence-electron chi connectivity index (χ3n) is 3.79. The quantitative estimate of drug-likeness (QED) is 0.255. The van der Waals surface area contributed by atoms with Crippen LogP contribution in [0.15, 0.2) is 29.3 Å². The van der Waals surface area contributed by atoms with E-state index in [1.807, 2.05) is 26.0 Å². The van der Waals surface area contributed by atoms with Crippen LogP contribution in [0.25, 0.3) is 0 Å². The lowest BCUT2D eigenvalue weighted by molar-refractivity contribution is 0.414. The first-order valence-corrected chi connectivity index (χ1v) is 9.52. The highest BCUT2D eigenvalue weighted by Crippen LogP contribution is 2.17. The summed E-state index contributed by atoms with van der Waals surface area (Å²) in [5, 5.41) is 7.80. The number of thiazole rings is 1. The van der Waals surface area contributed by atoms with Gasteiger partial charge in [0.05, 0.1) is 24.4 Å². The zero-order chi connectivity index (χ0) is 18.1. The molecule has 2 N–H and O–H groups in total. The van der Waals surface area contributed by atoms with E-state index in [9.17, 15) is 0 Å². The summed E-state index contributed by atoms with van der Waals surface area (Å²) in [4.78, 5) is 10.4. The summed E-state index contributed by atoms with van der Waals surface area (Å²) < 4.78 is 5.27. The second-order valence-corrected chi connectivity index (χ2v) is 7.11. The average Bonchev–Trinajstić information content (AvgIpc) is 2.94. The lowest BCUT2D eigenvalue weighted by Gasteiger charge is -2.11. The van der Waals surface area contributed by atoms with Crippen LogP contribution in [0.2, 0.25) is 0 Å². The van der Waals surface area contributed by atoms with Crippen LogP contribution in [0, 0.1) is 13.8 Å². The van der Waals surface area contributed by atoms with E-state index in [-0.39, 0.29) is 24.0 Å². The van der Waals surface area contributed by atoms with Gasteiger partial charge < -0.3 is 15.4 Å². The summed E-state index contributed by atoms with van der Waals surface area (Å²) in [5.74, 6) is 1.77. The number of rotatable bonds is 8. The Morgan fingerprint density at radius 3 is 2.73 bits per heavy atom. The Labute approximate surface area is 177 Å². The van der Waals surface area contributed by atoms with Crippen molar-refractivity contribution in [1.82, 2.24) is 15.6 Å². The number of guanidine groups is 1. The number of nitrogens with zero attached hydrogens (tertiary/aromatic N) is 2. The van der Waals surface area contributed by atoms with Crippen molar-refractivity contribution in [1.29, 1.82) is 0 Å². The van der Waals surface area contributed by atoms with Crippen LogP contribution in [-0.2, 0) is 13.0 Å². The summed E-state index contributed by atoms with van der Waals surface area (Å²) in [6, 6.07) is 8.23. The molecule has 0 aliphatic heterocycles. The molecule has 26 heavy (non-hydrogen) atoms. The first kappa shape index (κ1) is 22.7. The second-order valence-electron chi connectivity index (χ2n) is 5.82. The van der Waals surface area contributed by atoms with Gasteiger partial charge in [0.25, 0.3) is 0 Å². The van der Waals surface area contributed by atoms with Crippen molar-refractivity contribution >= 4 is 41.3 Å². The zero-order valence-electron chi connectivity index (χ0n) is 16.0. The van der Waals surface area contributed by atoms with Crippen molar-refractivity contribution in [2.75, 3.05) is 20.2 Å². The van der Waals surface area contributed by atoms with E-state index in [1.165, 1.54) is 10.4 Å². The molecule has 0 radical (unpaired) electrons. The maximum Gasteiger partial charge on any atom is 0.191 e. The van der Waals surface area contributed by atoms with E-state index in [1.54, 1.807) is 18.4 Å². The number of hydrogen-bond donors (Lipinski definition) is 2. The third-order valence-corrected chi connectivity index (χ3v) is 4.85. The SMILES string of the molecule is CCNC(=NCc1sc(C)nc1C)NCCCc1cccc(OC)c1.I. The number of nitrogens with one attached hydrogen (secondary N) is 2. The Balaban J connectivity index is 0.00000338. The number of halogens is 1. The third kappa shape index (κ3) is 7.49. The molecule has 1 aromatic carbocycles. The number of methoxy groups -OCH3 is 1. The van der Waals surface area contributed by atoms with Gasteiger partial charge >= 0.3 is 0 Å². The summed E-state index contributed by atoms with van der Waals surface area (Å²) in [5.41, 5.74) is 2.37. The Morgan fingerprint density at radius 1 is 1.27 bits per heavy atom. The lowest BCUT2D eigenvalue weighted by Crippen LogP contribution is -2.37. The lowest BCUT2D eigenvalue weighted by atomic mass is 10.1. The fourth-order valence-corrected chi connectivity index (χ4v) is 3.40. The van der Waals surface area contributed by atoms with E-state index in [2.05, 4.69) is 39.7 Å². The van der Waals surface area contributed by atoms with Gasteiger partial charge in [0.15, 0.2) is 5.96 Å². The van der Waals surface area contributed by atoms with E-state index in [0.29, 0.717) is 6.54 Å². The van der Waals surface area contributed by atoms with Gasteiger partial charge in [-0.25, -0.2) is 9.98 Å². The fourth-order valence-electron chi connectivity index (χ4n) is 2.54. The molecule has 0 fully saturated rings. The molecule has 0 unspecified atom stereocenters. The van der Waals surface area contributed by atoms with Crippen LogP contribution < -0.4 is 15.4 Å². The maximum absolute atomic E-state index is 5.27. The van der Waals surface area contributed by atoms with Crippen LogP contribution in [0.5, 0.6) is 5.75 Å². The zero-order valence-corrected chi connectivity index (χ0v) is 19.1. The van der Waals surface area contributed by atoms with E-state index in [4.69, 9.17) is 4.74 Å². The number of ether oxygens (including phenoxy) is 1. The molecule has 144 valence electrons. The van der Waals surface area contributed by atoms with Crippen molar-refractivity contribution in [3.63, 3.8) is 0 Å². The van der Waals surface area contributed by atoms with Crippen molar-refractivity contribution in [2.24, 2.45) is 4.99 Å². The van der Waals surface area contributed by atoms with Gasteiger partial charge in [-0.05, 0) is 51.3 Å². The van der Waals surface area contributed by atoms with Gasteiger partial charge in [-0.3, -0.25) is 0 Å². The minimum atomic E-state index is 0. The van der Waals surface area contributed by atoms with Crippen molar-refractivity contribution in [3.8, 4) is 5.75 Å². The Kier molecular flexibility index (Phi) is 10.6. The second kappa shape index (κ2) is 12.1. The highest BCUT2D eigenvalue weighted by Gasteiger charge is 2.05. The minimum absolute atomic E-state index is 0. The maximum atomic E-state index is 5.27. The van der Waals surface area contributed by atoms with Gasteiger partial charge in [-0.2, -0.15) is 0 Å². The van der Waals surface area contributed by atoms with Crippen molar-refractivity contribution in [2.45, 2.75) is 40.2 Å². The predicted molar refractivity (Wildman–Crippen MR) is 121 cm³/mol. The van der Waals surface area contributed by atoms with E-state index in [0.717, 1.165) is 48.3 Å². The molecule has 0 spiro atoms. The molecule has 0 aliphatic rings. The van der Waals surface area contributed by atoms with Gasteiger partial charge in [0.1, 0.15) is 5.75 Å². The Morgan fingerprint density at radius 2 is 2.08 bits per heavy atom. The highest BCUT2D eigenvalue weighted by atomic mass is 127. The smallest absolute Gasteiger partial charge is 0.191 e. The molecular weight excluding hydrogens is 459 g/mol. The summed E-state index contributed by atoms with van der Waals surface area (Å²) >= 11 is 1.72. The van der Waals surface area contributed by atoms with Crippen LogP contribution in [-0.4, -0.2) is 31.1 Å². The number of aryl methyl sites for hydroxylation is 3. The number of aromatic nitrogens is 1. The monoisotopic (exact) mass is 488 g/mol. The molecule has 5 nitrogen and oxygen atoms in total. The molecule has 0 bridgehead atoms. The molecular formula is C19H29IN4OS. The van der Waals surface area contributed by atoms with E-state index >= 15 is 0 Å². The fraction of sp³-hybridized carbons (Fsp3) is 0.474. The predicted octanol–water partition coefficient (Wildman–Crippen LogP) is 4.07. The van der Waals surface area contributed by atoms with Gasteiger partial charge in [-0.15, -0.1) is 35.3 Å². The molecule has 0 saturated heterocycles. The van der Waals surface area contributed by atoms with Crippen LogP contribution in [0.1, 0.15) is 34.5 Å². The largest absolute Gasteiger partial charge is 0.497 e. The van der Waals surface area contributed by atoms with Gasteiger partial charge in [0, 0.05) is 18.0 Å². The summed E-state index contributed by atoms with van der Waals surface area (Å²) in [7, 11) is 1.70. The Bertz CT molecular complexity index is 703. The molecule has 0 aliphatic carbocycles. The summed E-state index contributed by atoms with van der Waals surface area (Å²) in [6.45, 7) is 8.56. The standard InChI is InChI=1S/C19H28N4OS.HI/c1-5-20-19(22-13-18-14(2)23-15(3)25-18)21-11-7-9-16-8-6-10-17(12-16)24-4;/h6,8,10,12H,5,7,9,11,13H2,1-4H3,(H2,20,21,22);1H. The Hall–Kier alpha value is -1.35. The first-order chi connectivity index (χ1) is 12.1. The minimum Gasteiger partial charge on any atom is -0.497 e. The topological polar surface area (TPSA) is 58.5 Å². The van der Waals surface area contributed by atoms with E-state index < -0.39 is 0 Å². The normalized spacial score (nSPS) is 11.0. The first-order valence-electron chi connectivity index (χ1n) is 8.70. The molecule has 7 heteroatoms. The van der Waals surface area contributed by atoms with Gasteiger partial charge in [0.2, 0.25) is 0 Å². The highest BCUT2D eigenvalue weighted by molar-refractivity contribution is 14.0. The molecule has 1 heterocycles.